The van der Waals surface area contributed by atoms with Gasteiger partial charge < -0.3 is 4.98 Å². The molecule has 0 amide bonds. The molecule has 0 fully saturated rings. The lowest BCUT2D eigenvalue weighted by atomic mass is 10.1. The summed E-state index contributed by atoms with van der Waals surface area (Å²) < 4.78 is 0. The van der Waals surface area contributed by atoms with Gasteiger partial charge in [-0.3, -0.25) is 10.3 Å². The Balaban J connectivity index is 0.000000815. The minimum absolute atomic E-state index is 0.446. The maximum Gasteiger partial charge on any atom is 0.230 e. The Bertz CT molecular complexity index is 918. The summed E-state index contributed by atoms with van der Waals surface area (Å²) in [5.74, 6) is 0.905. The van der Waals surface area contributed by atoms with Crippen LogP contribution in [0.3, 0.4) is 0 Å². The fourth-order valence-corrected chi connectivity index (χ4v) is 2.21. The number of aromatic nitrogens is 6. The van der Waals surface area contributed by atoms with Crippen molar-refractivity contribution in [3.05, 3.63) is 55.4 Å². The number of pyridine rings is 1. The molecule has 0 aromatic carbocycles. The van der Waals surface area contributed by atoms with Gasteiger partial charge >= 0.3 is 0 Å². The van der Waals surface area contributed by atoms with E-state index in [0.29, 0.717) is 11.9 Å². The first-order valence-electron chi connectivity index (χ1n) is 7.69. The molecule has 2 N–H and O–H groups in total. The van der Waals surface area contributed by atoms with E-state index in [2.05, 4.69) is 35.2 Å². The van der Waals surface area contributed by atoms with Gasteiger partial charge in [-0.05, 0) is 18.2 Å². The highest BCUT2D eigenvalue weighted by molar-refractivity contribution is 5.93. The zero-order chi connectivity index (χ0) is 16.8. The van der Waals surface area contributed by atoms with Gasteiger partial charge in [0, 0.05) is 53.6 Å². The first kappa shape index (κ1) is 15.5. The zero-order valence-corrected chi connectivity index (χ0v) is 13.4. The second-order valence-electron chi connectivity index (χ2n) is 4.59. The molecule has 4 heterocycles. The fraction of sp³-hybridized carbons (Fsp3) is 0.118. The van der Waals surface area contributed by atoms with Crippen molar-refractivity contribution in [2.24, 2.45) is 0 Å². The Morgan fingerprint density at radius 1 is 0.917 bits per heavy atom. The van der Waals surface area contributed by atoms with Crippen LogP contribution in [0.2, 0.25) is 0 Å². The first-order valence-corrected chi connectivity index (χ1v) is 7.69. The molecule has 0 saturated carbocycles. The number of hydrogen-bond donors (Lipinski definition) is 2. The molecule has 0 unspecified atom stereocenters. The second-order valence-corrected chi connectivity index (χ2v) is 4.59. The van der Waals surface area contributed by atoms with E-state index in [1.165, 1.54) is 0 Å². The highest BCUT2D eigenvalue weighted by Crippen LogP contribution is 2.26. The smallest absolute Gasteiger partial charge is 0.230 e. The maximum atomic E-state index is 4.51. The van der Waals surface area contributed by atoms with E-state index < -0.39 is 0 Å². The predicted octanol–water partition coefficient (Wildman–Crippen LogP) is 3.58. The number of anilines is 2. The minimum Gasteiger partial charge on any atom is -0.360 e. The molecule has 7 nitrogen and oxygen atoms in total. The highest BCUT2D eigenvalue weighted by atomic mass is 15.2. The minimum atomic E-state index is 0.446. The molecule has 4 rings (SSSR count). The third kappa shape index (κ3) is 3.19. The van der Waals surface area contributed by atoms with Crippen LogP contribution in [0.25, 0.3) is 22.2 Å². The summed E-state index contributed by atoms with van der Waals surface area (Å²) in [7, 11) is 0. The van der Waals surface area contributed by atoms with E-state index in [-0.39, 0.29) is 0 Å². The molecule has 0 aliphatic rings. The quantitative estimate of drug-likeness (QED) is 0.599. The maximum absolute atomic E-state index is 4.51. The Labute approximate surface area is 139 Å². The van der Waals surface area contributed by atoms with Gasteiger partial charge in [-0.15, -0.1) is 0 Å². The zero-order valence-electron chi connectivity index (χ0n) is 13.4. The van der Waals surface area contributed by atoms with E-state index >= 15 is 0 Å². The summed E-state index contributed by atoms with van der Waals surface area (Å²) in [6.45, 7) is 4.00. The van der Waals surface area contributed by atoms with E-state index in [1.807, 2.05) is 38.4 Å². The fourth-order valence-electron chi connectivity index (χ4n) is 2.21. The van der Waals surface area contributed by atoms with Gasteiger partial charge in [0.2, 0.25) is 11.9 Å². The van der Waals surface area contributed by atoms with Crippen molar-refractivity contribution >= 4 is 22.8 Å². The highest BCUT2D eigenvalue weighted by Gasteiger charge is 2.09. The lowest BCUT2D eigenvalue weighted by Gasteiger charge is -2.04. The van der Waals surface area contributed by atoms with Crippen LogP contribution >= 0.6 is 0 Å². The topological polar surface area (TPSA) is 92.3 Å². The Morgan fingerprint density at radius 2 is 1.71 bits per heavy atom. The molecule has 0 radical (unpaired) electrons. The van der Waals surface area contributed by atoms with Crippen LogP contribution in [0.1, 0.15) is 13.8 Å². The standard InChI is InChI=1S/C15H11N7.C2H6/c1-4-17-14(18-5-1)22-15-19-7-3-13(21-15)11-9-20-12-2-6-16-8-10(11)12;1-2/h1-9,20H,(H,17,18,19,21,22);1-2H3. The molecule has 0 bridgehead atoms. The Kier molecular flexibility index (Phi) is 4.71. The van der Waals surface area contributed by atoms with E-state index in [0.717, 1.165) is 22.2 Å². The van der Waals surface area contributed by atoms with Gasteiger partial charge in [-0.1, -0.05) is 13.8 Å². The summed E-state index contributed by atoms with van der Waals surface area (Å²) in [5, 5.41) is 4.00. The van der Waals surface area contributed by atoms with Crippen LogP contribution in [-0.4, -0.2) is 29.9 Å². The lowest BCUT2D eigenvalue weighted by molar-refractivity contribution is 1.11. The molecule has 7 heteroatoms. The summed E-state index contributed by atoms with van der Waals surface area (Å²) >= 11 is 0. The van der Waals surface area contributed by atoms with Gasteiger partial charge in [0.25, 0.3) is 0 Å². The molecule has 0 aliphatic carbocycles. The molecule has 0 atom stereocenters. The molecule has 0 aliphatic heterocycles. The predicted molar refractivity (Wildman–Crippen MR) is 93.8 cm³/mol. The molecular weight excluding hydrogens is 302 g/mol. The number of hydrogen-bond acceptors (Lipinski definition) is 6. The largest absolute Gasteiger partial charge is 0.360 e. The number of rotatable bonds is 3. The molecule has 4 aromatic heterocycles. The summed E-state index contributed by atoms with van der Waals surface area (Å²) in [6, 6.07) is 5.53. The number of H-pyrrole nitrogens is 1. The number of nitrogens with zero attached hydrogens (tertiary/aromatic N) is 5. The van der Waals surface area contributed by atoms with Gasteiger partial charge in [0.15, 0.2) is 0 Å². The van der Waals surface area contributed by atoms with E-state index in [4.69, 9.17) is 0 Å². The monoisotopic (exact) mass is 319 g/mol. The van der Waals surface area contributed by atoms with Crippen molar-refractivity contribution in [3.63, 3.8) is 0 Å². The van der Waals surface area contributed by atoms with Gasteiger partial charge in [0.05, 0.1) is 5.69 Å². The first-order chi connectivity index (χ1) is 11.9. The molecule has 0 spiro atoms. The second kappa shape index (κ2) is 7.28. The lowest BCUT2D eigenvalue weighted by Crippen LogP contribution is -2.00. The molecule has 0 saturated heterocycles. The van der Waals surface area contributed by atoms with Crippen LogP contribution < -0.4 is 5.32 Å². The van der Waals surface area contributed by atoms with E-state index in [9.17, 15) is 0 Å². The van der Waals surface area contributed by atoms with Crippen molar-refractivity contribution in [1.82, 2.24) is 29.9 Å². The van der Waals surface area contributed by atoms with Crippen LogP contribution in [-0.2, 0) is 0 Å². The van der Waals surface area contributed by atoms with Crippen molar-refractivity contribution in [3.8, 4) is 11.3 Å². The number of nitrogens with one attached hydrogen (secondary N) is 2. The summed E-state index contributed by atoms with van der Waals surface area (Å²) in [6.07, 6.45) is 10.5. The Morgan fingerprint density at radius 3 is 2.54 bits per heavy atom. The van der Waals surface area contributed by atoms with Crippen molar-refractivity contribution < 1.29 is 0 Å². The molecule has 24 heavy (non-hydrogen) atoms. The van der Waals surface area contributed by atoms with Gasteiger partial charge in [0.1, 0.15) is 0 Å². The average Bonchev–Trinajstić information content (AvgIpc) is 3.09. The normalized spacial score (nSPS) is 10.1. The van der Waals surface area contributed by atoms with Crippen LogP contribution in [0.4, 0.5) is 11.9 Å². The van der Waals surface area contributed by atoms with Gasteiger partial charge in [-0.25, -0.2) is 19.9 Å². The van der Waals surface area contributed by atoms with Crippen molar-refractivity contribution in [2.75, 3.05) is 5.32 Å². The van der Waals surface area contributed by atoms with Crippen LogP contribution in [0.5, 0.6) is 0 Å². The summed E-state index contributed by atoms with van der Waals surface area (Å²) in [4.78, 5) is 24.3. The third-order valence-electron chi connectivity index (χ3n) is 3.20. The van der Waals surface area contributed by atoms with Gasteiger partial charge in [-0.2, -0.15) is 0 Å². The van der Waals surface area contributed by atoms with Crippen molar-refractivity contribution in [1.29, 1.82) is 0 Å². The van der Waals surface area contributed by atoms with E-state index in [1.54, 1.807) is 30.9 Å². The molecule has 4 aromatic rings. The number of fused-ring (bicyclic) bond motifs is 1. The SMILES string of the molecule is CC.c1cnc(Nc2nccc(-c3c[nH]c4ccncc34)n2)nc1. The Hall–Kier alpha value is -3.35. The third-order valence-corrected chi connectivity index (χ3v) is 3.20. The molecule has 120 valence electrons. The van der Waals surface area contributed by atoms with Crippen LogP contribution in [0.15, 0.2) is 55.4 Å². The molecular formula is C17H17N7. The van der Waals surface area contributed by atoms with Crippen LogP contribution in [0, 0.1) is 0 Å². The average molecular weight is 319 g/mol. The number of aromatic amines is 1. The summed E-state index contributed by atoms with van der Waals surface area (Å²) in [5.41, 5.74) is 2.79. The van der Waals surface area contributed by atoms with Crippen molar-refractivity contribution in [2.45, 2.75) is 13.8 Å².